The highest BCUT2D eigenvalue weighted by Gasteiger charge is 2.21. The van der Waals surface area contributed by atoms with Gasteiger partial charge in [0.2, 0.25) is 5.96 Å². The lowest BCUT2D eigenvalue weighted by Crippen LogP contribution is -2.30. The fraction of sp³-hybridized carbons (Fsp3) is 0.294. The van der Waals surface area contributed by atoms with Crippen LogP contribution in [0, 0.1) is 6.92 Å². The van der Waals surface area contributed by atoms with Gasteiger partial charge in [-0.15, -0.1) is 24.8 Å². The van der Waals surface area contributed by atoms with Crippen molar-refractivity contribution in [3.05, 3.63) is 51.3 Å². The number of aliphatic imine (C=N–C) groups is 1. The number of halogens is 4. The van der Waals surface area contributed by atoms with Crippen LogP contribution in [0.4, 0.5) is 5.69 Å². The van der Waals surface area contributed by atoms with Crippen molar-refractivity contribution in [1.82, 2.24) is 15.4 Å². The second-order valence-electron chi connectivity index (χ2n) is 5.66. The van der Waals surface area contributed by atoms with Crippen LogP contribution in [-0.4, -0.2) is 39.3 Å². The third kappa shape index (κ3) is 5.31. The number of aryl methyl sites for hydroxylation is 1. The van der Waals surface area contributed by atoms with Crippen LogP contribution >= 0.6 is 48.0 Å². The first-order chi connectivity index (χ1) is 12.5. The normalized spacial score (nSPS) is 14.4. The van der Waals surface area contributed by atoms with E-state index in [1.54, 1.807) is 36.4 Å². The lowest BCUT2D eigenvalue weighted by molar-refractivity contribution is -0.102. The molecule has 0 spiro atoms. The molecule has 0 saturated carbocycles. The van der Waals surface area contributed by atoms with Crippen molar-refractivity contribution in [2.75, 3.05) is 13.1 Å². The van der Waals surface area contributed by atoms with Crippen LogP contribution < -0.4 is 5.32 Å². The van der Waals surface area contributed by atoms with Crippen molar-refractivity contribution in [3.63, 3.8) is 0 Å². The van der Waals surface area contributed by atoms with Gasteiger partial charge < -0.3 is 15.5 Å². The minimum Gasteiger partial charge on any atom is -0.506 e. The van der Waals surface area contributed by atoms with Gasteiger partial charge in [0.15, 0.2) is 0 Å². The number of aliphatic hydroxyl groups excluding tert-OH is 1. The summed E-state index contributed by atoms with van der Waals surface area (Å²) in [4.78, 5) is 14.3. The lowest BCUT2D eigenvalue weighted by atomic mass is 10.1. The van der Waals surface area contributed by atoms with Crippen molar-refractivity contribution in [1.29, 1.82) is 0 Å². The van der Waals surface area contributed by atoms with Crippen LogP contribution in [0.3, 0.4) is 0 Å². The Morgan fingerprint density at radius 3 is 2.61 bits per heavy atom. The average molecular weight is 470 g/mol. The third-order valence-corrected chi connectivity index (χ3v) is 4.56. The molecule has 2 aromatic rings. The van der Waals surface area contributed by atoms with Crippen LogP contribution in [0.5, 0.6) is 5.75 Å². The van der Waals surface area contributed by atoms with Gasteiger partial charge in [0, 0.05) is 23.9 Å². The maximum absolute atomic E-state index is 10.0. The van der Waals surface area contributed by atoms with Crippen molar-refractivity contribution in [2.45, 2.75) is 20.1 Å². The zero-order valence-corrected chi connectivity index (χ0v) is 18.0. The summed E-state index contributed by atoms with van der Waals surface area (Å²) in [6, 6.07) is 5.17. The maximum Gasteiger partial charge on any atom is 0.223 e. The zero-order chi connectivity index (χ0) is 18.7. The summed E-state index contributed by atoms with van der Waals surface area (Å²) in [5.41, 5.74) is 1.91. The Bertz CT molecular complexity index is 831. The number of rotatable bonds is 5. The number of hydroxylamine groups is 2. The summed E-state index contributed by atoms with van der Waals surface area (Å²) in [5.74, 6) is 0.458. The Balaban J connectivity index is 0.00000196. The molecular weight excluding hydrogens is 450 g/mol. The second-order valence-corrected chi connectivity index (χ2v) is 6.48. The summed E-state index contributed by atoms with van der Waals surface area (Å²) in [5, 5.41) is 25.1. The monoisotopic (exact) mass is 468 g/mol. The van der Waals surface area contributed by atoms with E-state index >= 15 is 0 Å². The van der Waals surface area contributed by atoms with Crippen molar-refractivity contribution < 1.29 is 15.1 Å². The largest absolute Gasteiger partial charge is 0.506 e. The Labute approximate surface area is 185 Å². The summed E-state index contributed by atoms with van der Waals surface area (Å²) >= 11 is 12.3. The molecule has 1 aromatic heterocycles. The Kier molecular flexibility index (Phi) is 9.56. The molecule has 7 nitrogen and oxygen atoms in total. The predicted octanol–water partition coefficient (Wildman–Crippen LogP) is 3.76. The topological polar surface area (TPSA) is 90.2 Å². The van der Waals surface area contributed by atoms with Gasteiger partial charge in [0.05, 0.1) is 28.9 Å². The van der Waals surface area contributed by atoms with Crippen molar-refractivity contribution in [2.24, 2.45) is 4.99 Å². The molecule has 3 rings (SSSR count). The number of aliphatic hydroxyl groups is 1. The lowest BCUT2D eigenvalue weighted by Gasteiger charge is -2.19. The molecule has 1 aliphatic heterocycles. The molecule has 0 atom stereocenters. The molecule has 1 aliphatic rings. The molecule has 1 aromatic carbocycles. The van der Waals surface area contributed by atoms with E-state index in [0.717, 1.165) is 0 Å². The van der Waals surface area contributed by atoms with E-state index in [-0.39, 0.29) is 43.8 Å². The molecule has 11 heteroatoms. The summed E-state index contributed by atoms with van der Waals surface area (Å²) < 4.78 is 0. The van der Waals surface area contributed by atoms with Crippen LogP contribution in [0.15, 0.2) is 29.4 Å². The zero-order valence-electron chi connectivity index (χ0n) is 14.9. The van der Waals surface area contributed by atoms with Gasteiger partial charge in [0.1, 0.15) is 18.0 Å². The fourth-order valence-corrected chi connectivity index (χ4v) is 3.00. The van der Waals surface area contributed by atoms with Gasteiger partial charge in [-0.3, -0.25) is 9.82 Å². The Morgan fingerprint density at radius 2 is 1.96 bits per heavy atom. The average Bonchev–Trinajstić information content (AvgIpc) is 3.06. The van der Waals surface area contributed by atoms with Gasteiger partial charge in [-0.25, -0.2) is 10.1 Å². The number of nitrogens with zero attached hydrogens (tertiary/aromatic N) is 3. The van der Waals surface area contributed by atoms with E-state index in [2.05, 4.69) is 15.3 Å². The molecule has 0 bridgehead atoms. The number of aromatic nitrogens is 1. The summed E-state index contributed by atoms with van der Waals surface area (Å²) in [6.45, 7) is 2.70. The number of hydrogen-bond donors (Lipinski definition) is 3. The van der Waals surface area contributed by atoms with Gasteiger partial charge >= 0.3 is 0 Å². The number of hydrogen-bond acceptors (Lipinski definition) is 5. The third-order valence-electron chi connectivity index (χ3n) is 3.95. The molecular formula is C17H20Cl4N4O3. The molecule has 2 heterocycles. The summed E-state index contributed by atoms with van der Waals surface area (Å²) in [7, 11) is 0. The SMILES string of the molecule is Cc1ncc(CON2CCN/C2=N\c2c(Cl)cccc2Cl)c(CO)c1O.Cl.Cl. The van der Waals surface area contributed by atoms with E-state index in [9.17, 15) is 10.2 Å². The van der Waals surface area contributed by atoms with Crippen molar-refractivity contribution >= 4 is 59.7 Å². The quantitative estimate of drug-likeness (QED) is 0.617. The number of nitrogens with one attached hydrogen (secondary N) is 1. The molecule has 154 valence electrons. The Morgan fingerprint density at radius 1 is 1.29 bits per heavy atom. The molecule has 0 amide bonds. The van der Waals surface area contributed by atoms with Gasteiger partial charge in [-0.05, 0) is 19.1 Å². The summed E-state index contributed by atoms with van der Waals surface area (Å²) in [6.07, 6.45) is 1.58. The number of aromatic hydroxyl groups is 1. The Hall–Kier alpha value is -1.48. The van der Waals surface area contributed by atoms with Crippen LogP contribution in [-0.2, 0) is 18.1 Å². The maximum atomic E-state index is 10.0. The van der Waals surface area contributed by atoms with Gasteiger partial charge in [0.25, 0.3) is 0 Å². The highest BCUT2D eigenvalue weighted by Crippen LogP contribution is 2.33. The van der Waals surface area contributed by atoms with Gasteiger partial charge in [-0.1, -0.05) is 29.3 Å². The van der Waals surface area contributed by atoms with Gasteiger partial charge in [-0.2, -0.15) is 0 Å². The molecule has 0 unspecified atom stereocenters. The second kappa shape index (κ2) is 10.9. The first kappa shape index (κ1) is 24.6. The molecule has 0 aliphatic carbocycles. The van der Waals surface area contributed by atoms with E-state index in [4.69, 9.17) is 28.0 Å². The fourth-order valence-electron chi connectivity index (χ4n) is 2.52. The number of benzene rings is 1. The minimum atomic E-state index is -0.303. The van der Waals surface area contributed by atoms with E-state index in [1.165, 1.54) is 0 Å². The van der Waals surface area contributed by atoms with Crippen molar-refractivity contribution in [3.8, 4) is 5.75 Å². The number of para-hydroxylation sites is 1. The standard InChI is InChI=1S/C17H18Cl2N4O3.2ClH/c1-10-16(25)12(8-24)11(7-21-10)9-26-23-6-5-20-17(23)22-15-13(18)3-2-4-14(15)19;;/h2-4,7,24-25H,5-6,8-9H2,1H3,(H,20,22);2*1H. The molecule has 28 heavy (non-hydrogen) atoms. The minimum absolute atomic E-state index is 0. The molecule has 0 radical (unpaired) electrons. The van der Waals surface area contributed by atoms with Crippen LogP contribution in [0.2, 0.25) is 10.0 Å². The van der Waals surface area contributed by atoms with E-state index < -0.39 is 0 Å². The number of pyridine rings is 1. The molecule has 3 N–H and O–H groups in total. The molecule has 1 saturated heterocycles. The smallest absolute Gasteiger partial charge is 0.223 e. The first-order valence-corrected chi connectivity index (χ1v) is 8.71. The molecule has 1 fully saturated rings. The highest BCUT2D eigenvalue weighted by molar-refractivity contribution is 6.38. The first-order valence-electron chi connectivity index (χ1n) is 7.95. The van der Waals surface area contributed by atoms with Crippen LogP contribution in [0.25, 0.3) is 0 Å². The van der Waals surface area contributed by atoms with Crippen LogP contribution in [0.1, 0.15) is 16.8 Å². The highest BCUT2D eigenvalue weighted by atomic mass is 35.5. The number of guanidine groups is 1. The van der Waals surface area contributed by atoms with E-state index in [0.29, 0.717) is 51.6 Å². The predicted molar refractivity (Wildman–Crippen MR) is 114 cm³/mol. The van der Waals surface area contributed by atoms with E-state index in [1.807, 2.05) is 0 Å².